The number of carbonyl (C=O) groups is 2. The first-order valence-electron chi connectivity index (χ1n) is 7.34. The van der Waals surface area contributed by atoms with Crippen LogP contribution in [-0.2, 0) is 19.1 Å². The zero-order chi connectivity index (χ0) is 18.4. The Balaban J connectivity index is 2.42. The third kappa shape index (κ3) is 4.76. The lowest BCUT2D eigenvalue weighted by Gasteiger charge is -2.25. The summed E-state index contributed by atoms with van der Waals surface area (Å²) >= 11 is 2.88. The number of esters is 2. The summed E-state index contributed by atoms with van der Waals surface area (Å²) in [7, 11) is 2.58. The molecule has 1 aliphatic rings. The highest BCUT2D eigenvalue weighted by Gasteiger charge is 2.32. The number of nitro benzene ring substituents is 1. The third-order valence-corrected chi connectivity index (χ3v) is 6.23. The predicted octanol–water partition coefficient (Wildman–Crippen LogP) is 2.96. The van der Waals surface area contributed by atoms with Crippen molar-refractivity contribution < 1.29 is 24.0 Å². The second kappa shape index (κ2) is 8.91. The smallest absolute Gasteiger partial charge is 0.344 e. The summed E-state index contributed by atoms with van der Waals surface area (Å²) in [6, 6.07) is 6.07. The van der Waals surface area contributed by atoms with Gasteiger partial charge in [-0.25, -0.2) is 4.79 Å². The molecule has 1 aliphatic heterocycles. The minimum absolute atomic E-state index is 0.0180. The SMILES string of the molecule is COC(=O)/C1=C/C(C(=O)OC)C(c2ccc([N+](=O)[O-])cc2)SCCS1. The van der Waals surface area contributed by atoms with Crippen molar-refractivity contribution in [2.75, 3.05) is 25.7 Å². The van der Waals surface area contributed by atoms with E-state index < -0.39 is 22.8 Å². The van der Waals surface area contributed by atoms with Gasteiger partial charge >= 0.3 is 11.9 Å². The van der Waals surface area contributed by atoms with E-state index in [4.69, 9.17) is 9.47 Å². The summed E-state index contributed by atoms with van der Waals surface area (Å²) in [6.07, 6.45) is 1.57. The van der Waals surface area contributed by atoms with Crippen LogP contribution in [0.2, 0.25) is 0 Å². The fourth-order valence-corrected chi connectivity index (χ4v) is 4.76. The summed E-state index contributed by atoms with van der Waals surface area (Å²) in [4.78, 5) is 34.9. The van der Waals surface area contributed by atoms with E-state index in [1.165, 1.54) is 38.1 Å². The molecule has 1 heterocycles. The van der Waals surface area contributed by atoms with Crippen LogP contribution in [0, 0.1) is 16.0 Å². The summed E-state index contributed by atoms with van der Waals surface area (Å²) in [5.41, 5.74) is 0.744. The number of thioether (sulfide) groups is 2. The van der Waals surface area contributed by atoms with Crippen LogP contribution < -0.4 is 0 Å². The molecule has 1 aromatic carbocycles. The fourth-order valence-electron chi connectivity index (χ4n) is 2.37. The lowest BCUT2D eigenvalue weighted by Crippen LogP contribution is -2.23. The van der Waals surface area contributed by atoms with Crippen molar-refractivity contribution in [2.24, 2.45) is 5.92 Å². The number of benzene rings is 1. The van der Waals surface area contributed by atoms with Gasteiger partial charge in [-0.15, -0.1) is 11.8 Å². The number of ether oxygens (including phenoxy) is 2. The minimum Gasteiger partial charge on any atom is -0.469 e. The molecule has 9 heteroatoms. The number of hydrogen-bond donors (Lipinski definition) is 0. The minimum atomic E-state index is -0.696. The van der Waals surface area contributed by atoms with Gasteiger partial charge in [-0.2, -0.15) is 11.8 Å². The Labute approximate surface area is 153 Å². The molecule has 0 aliphatic carbocycles. The zero-order valence-corrected chi connectivity index (χ0v) is 15.3. The first kappa shape index (κ1) is 19.3. The number of nitro groups is 1. The van der Waals surface area contributed by atoms with Crippen molar-refractivity contribution in [1.82, 2.24) is 0 Å². The molecule has 2 atom stereocenters. The van der Waals surface area contributed by atoms with Crippen molar-refractivity contribution in [3.63, 3.8) is 0 Å². The van der Waals surface area contributed by atoms with Crippen molar-refractivity contribution in [3.05, 3.63) is 50.9 Å². The van der Waals surface area contributed by atoms with Gasteiger partial charge in [0.15, 0.2) is 0 Å². The van der Waals surface area contributed by atoms with E-state index in [1.54, 1.807) is 30.0 Å². The molecule has 2 unspecified atom stereocenters. The summed E-state index contributed by atoms with van der Waals surface area (Å²) < 4.78 is 9.66. The molecule has 0 saturated carbocycles. The van der Waals surface area contributed by atoms with E-state index in [1.807, 2.05) is 0 Å². The van der Waals surface area contributed by atoms with E-state index >= 15 is 0 Å². The molecule has 0 amide bonds. The highest BCUT2D eigenvalue weighted by atomic mass is 32.2. The van der Waals surface area contributed by atoms with E-state index in [-0.39, 0.29) is 10.9 Å². The Bertz CT molecular complexity index is 688. The van der Waals surface area contributed by atoms with Gasteiger partial charge in [-0.05, 0) is 11.6 Å². The van der Waals surface area contributed by atoms with Gasteiger partial charge in [-0.1, -0.05) is 12.1 Å². The Morgan fingerprint density at radius 1 is 1.16 bits per heavy atom. The van der Waals surface area contributed by atoms with E-state index in [2.05, 4.69) is 0 Å². The van der Waals surface area contributed by atoms with Crippen LogP contribution in [0.5, 0.6) is 0 Å². The fraction of sp³-hybridized carbons (Fsp3) is 0.375. The highest BCUT2D eigenvalue weighted by Crippen LogP contribution is 2.41. The van der Waals surface area contributed by atoms with Crippen LogP contribution in [0.25, 0.3) is 0 Å². The second-order valence-electron chi connectivity index (χ2n) is 5.06. The van der Waals surface area contributed by atoms with Crippen molar-refractivity contribution in [2.45, 2.75) is 5.25 Å². The first-order chi connectivity index (χ1) is 12.0. The highest BCUT2D eigenvalue weighted by molar-refractivity contribution is 8.06. The van der Waals surface area contributed by atoms with Crippen LogP contribution in [0.15, 0.2) is 35.2 Å². The lowest BCUT2D eigenvalue weighted by atomic mass is 9.97. The molecule has 7 nitrogen and oxygen atoms in total. The molecule has 2 rings (SSSR count). The van der Waals surface area contributed by atoms with E-state index in [0.29, 0.717) is 16.4 Å². The van der Waals surface area contributed by atoms with E-state index in [0.717, 1.165) is 5.56 Å². The largest absolute Gasteiger partial charge is 0.469 e. The van der Waals surface area contributed by atoms with Gasteiger partial charge in [0, 0.05) is 28.9 Å². The molecule has 0 N–H and O–H groups in total. The Hall–Kier alpha value is -2.00. The third-order valence-electron chi connectivity index (χ3n) is 3.59. The topological polar surface area (TPSA) is 95.7 Å². The quantitative estimate of drug-likeness (QED) is 0.445. The van der Waals surface area contributed by atoms with Crippen LogP contribution >= 0.6 is 23.5 Å². The van der Waals surface area contributed by atoms with Crippen molar-refractivity contribution >= 4 is 41.1 Å². The Morgan fingerprint density at radius 3 is 2.40 bits per heavy atom. The average Bonchev–Trinajstić information content (AvgIpc) is 2.61. The van der Waals surface area contributed by atoms with Crippen LogP contribution in [-0.4, -0.2) is 42.6 Å². The van der Waals surface area contributed by atoms with Crippen LogP contribution in [0.3, 0.4) is 0 Å². The van der Waals surface area contributed by atoms with Crippen molar-refractivity contribution in [1.29, 1.82) is 0 Å². The maximum Gasteiger partial charge on any atom is 0.344 e. The second-order valence-corrected chi connectivity index (χ2v) is 7.45. The lowest BCUT2D eigenvalue weighted by molar-refractivity contribution is -0.384. The number of rotatable bonds is 4. The van der Waals surface area contributed by atoms with Crippen LogP contribution in [0.1, 0.15) is 10.8 Å². The molecule has 0 aromatic heterocycles. The number of nitrogens with zero attached hydrogens (tertiary/aromatic N) is 1. The normalized spacial score (nSPS) is 22.7. The van der Waals surface area contributed by atoms with Crippen molar-refractivity contribution in [3.8, 4) is 0 Å². The summed E-state index contributed by atoms with van der Waals surface area (Å²) in [5.74, 6) is -0.275. The molecule has 134 valence electrons. The number of methoxy groups -OCH3 is 2. The number of hydrogen-bond acceptors (Lipinski definition) is 8. The van der Waals surface area contributed by atoms with Gasteiger partial charge in [0.05, 0.1) is 30.0 Å². The predicted molar refractivity (Wildman–Crippen MR) is 96.4 cm³/mol. The number of carbonyl (C=O) groups excluding carboxylic acids is 2. The first-order valence-corrected chi connectivity index (χ1v) is 9.38. The molecule has 25 heavy (non-hydrogen) atoms. The molecule has 0 fully saturated rings. The van der Waals surface area contributed by atoms with Gasteiger partial charge in [0.1, 0.15) is 0 Å². The van der Waals surface area contributed by atoms with Gasteiger partial charge in [-0.3, -0.25) is 14.9 Å². The van der Waals surface area contributed by atoms with Gasteiger partial charge in [0.25, 0.3) is 5.69 Å². The summed E-state index contributed by atoms with van der Waals surface area (Å²) in [6.45, 7) is 0. The monoisotopic (exact) mass is 383 g/mol. The molecule has 0 saturated heterocycles. The molecular formula is C16H17NO6S2. The molecule has 1 aromatic rings. The van der Waals surface area contributed by atoms with Gasteiger partial charge in [0.2, 0.25) is 0 Å². The Kier molecular flexibility index (Phi) is 6.89. The maximum absolute atomic E-state index is 12.3. The molecule has 0 bridgehead atoms. The zero-order valence-electron chi connectivity index (χ0n) is 13.7. The van der Waals surface area contributed by atoms with E-state index in [9.17, 15) is 19.7 Å². The van der Waals surface area contributed by atoms with Crippen LogP contribution in [0.4, 0.5) is 5.69 Å². The standard InChI is InChI=1S/C16H17NO6S2/c1-22-15(18)12-9-13(16(19)23-2)24-7-8-25-14(12)10-3-5-11(6-4-10)17(20)21/h3-6,9,12,14H,7-8H2,1-2H3/b13-9-. The molecule has 0 spiro atoms. The maximum atomic E-state index is 12.3. The molecule has 0 radical (unpaired) electrons. The van der Waals surface area contributed by atoms with Gasteiger partial charge < -0.3 is 9.47 Å². The molecular weight excluding hydrogens is 366 g/mol. The Morgan fingerprint density at radius 2 is 1.84 bits per heavy atom. The average molecular weight is 383 g/mol. The summed E-state index contributed by atoms with van der Waals surface area (Å²) in [5, 5.41) is 10.5. The number of non-ortho nitro benzene ring substituents is 1.